The number of fused-ring (bicyclic) bond motifs is 1. The van der Waals surface area contributed by atoms with Gasteiger partial charge in [-0.1, -0.05) is 0 Å². The molecule has 0 saturated heterocycles. The zero-order valence-corrected chi connectivity index (χ0v) is 10.0. The van der Waals surface area contributed by atoms with Gasteiger partial charge in [-0.05, 0) is 25.1 Å². The van der Waals surface area contributed by atoms with E-state index in [4.69, 9.17) is 11.0 Å². The lowest BCUT2D eigenvalue weighted by Crippen LogP contribution is -2.19. The van der Waals surface area contributed by atoms with Crippen molar-refractivity contribution in [1.29, 1.82) is 5.26 Å². The van der Waals surface area contributed by atoms with Crippen molar-refractivity contribution in [2.75, 3.05) is 12.8 Å². The van der Waals surface area contributed by atoms with Gasteiger partial charge in [0.1, 0.15) is 6.04 Å². The van der Waals surface area contributed by atoms with Crippen LogP contribution in [-0.2, 0) is 9.53 Å². The molecule has 0 fully saturated rings. The van der Waals surface area contributed by atoms with Gasteiger partial charge in [-0.25, -0.2) is 9.78 Å². The van der Waals surface area contributed by atoms with E-state index in [9.17, 15) is 4.79 Å². The first-order valence-corrected chi connectivity index (χ1v) is 5.34. The Balaban J connectivity index is 2.66. The third-order valence-corrected chi connectivity index (χ3v) is 2.78. The number of ether oxygens (including phenoxy) is 1. The van der Waals surface area contributed by atoms with Gasteiger partial charge in [-0.2, -0.15) is 5.26 Å². The number of aromatic nitrogens is 2. The maximum atomic E-state index is 11.6. The van der Waals surface area contributed by atoms with Crippen molar-refractivity contribution in [3.63, 3.8) is 0 Å². The summed E-state index contributed by atoms with van der Waals surface area (Å²) in [4.78, 5) is 15.7. The number of rotatable bonds is 2. The molecule has 0 aliphatic carbocycles. The van der Waals surface area contributed by atoms with Crippen molar-refractivity contribution in [2.45, 2.75) is 13.0 Å². The molecule has 92 valence electrons. The Kier molecular flexibility index (Phi) is 2.90. The minimum absolute atomic E-state index is 0.220. The van der Waals surface area contributed by atoms with E-state index in [1.165, 1.54) is 7.11 Å². The van der Waals surface area contributed by atoms with Crippen molar-refractivity contribution in [3.05, 3.63) is 23.8 Å². The van der Waals surface area contributed by atoms with Crippen LogP contribution in [0.5, 0.6) is 0 Å². The van der Waals surface area contributed by atoms with Crippen LogP contribution in [-0.4, -0.2) is 22.6 Å². The lowest BCUT2D eigenvalue weighted by atomic mass is 10.2. The van der Waals surface area contributed by atoms with Gasteiger partial charge < -0.3 is 10.5 Å². The fourth-order valence-corrected chi connectivity index (χ4v) is 1.86. The maximum absolute atomic E-state index is 11.6. The first-order chi connectivity index (χ1) is 8.58. The topological polar surface area (TPSA) is 93.9 Å². The first-order valence-electron chi connectivity index (χ1n) is 5.34. The van der Waals surface area contributed by atoms with Gasteiger partial charge in [0, 0.05) is 0 Å². The van der Waals surface area contributed by atoms with Crippen LogP contribution in [0.25, 0.3) is 11.0 Å². The number of nitrogens with two attached hydrogens (primary N) is 1. The van der Waals surface area contributed by atoms with Crippen molar-refractivity contribution in [3.8, 4) is 6.07 Å². The van der Waals surface area contributed by atoms with E-state index in [0.29, 0.717) is 16.6 Å². The Morgan fingerprint density at radius 1 is 1.61 bits per heavy atom. The second kappa shape index (κ2) is 4.37. The molecule has 1 unspecified atom stereocenters. The lowest BCUT2D eigenvalue weighted by Gasteiger charge is -2.13. The molecule has 2 rings (SSSR count). The molecule has 6 nitrogen and oxygen atoms in total. The van der Waals surface area contributed by atoms with Crippen LogP contribution in [0.4, 0.5) is 5.95 Å². The maximum Gasteiger partial charge on any atom is 0.328 e. The van der Waals surface area contributed by atoms with E-state index in [1.807, 2.05) is 6.07 Å². The highest BCUT2D eigenvalue weighted by molar-refractivity contribution is 5.83. The van der Waals surface area contributed by atoms with E-state index in [1.54, 1.807) is 29.7 Å². The lowest BCUT2D eigenvalue weighted by molar-refractivity contribution is -0.143. The standard InChI is InChI=1S/C12H12N4O2/c1-7(11(17)18-2)16-10-5-8(6-13)3-4-9(10)15-12(16)14/h3-5,7H,1-2H3,(H2,14,15). The number of hydrogen-bond donors (Lipinski definition) is 1. The van der Waals surface area contributed by atoms with Crippen LogP contribution in [0.15, 0.2) is 18.2 Å². The van der Waals surface area contributed by atoms with E-state index < -0.39 is 12.0 Å². The number of hydrogen-bond acceptors (Lipinski definition) is 5. The molecule has 0 radical (unpaired) electrons. The second-order valence-corrected chi connectivity index (χ2v) is 3.85. The summed E-state index contributed by atoms with van der Waals surface area (Å²) in [6.45, 7) is 1.67. The van der Waals surface area contributed by atoms with E-state index >= 15 is 0 Å². The molecular formula is C12H12N4O2. The molecule has 6 heteroatoms. The summed E-state index contributed by atoms with van der Waals surface area (Å²) in [7, 11) is 1.31. The van der Waals surface area contributed by atoms with Crippen molar-refractivity contribution >= 4 is 23.0 Å². The molecule has 0 saturated carbocycles. The number of anilines is 1. The Hall–Kier alpha value is -2.55. The van der Waals surface area contributed by atoms with Crippen LogP contribution >= 0.6 is 0 Å². The predicted molar refractivity (Wildman–Crippen MR) is 65.6 cm³/mol. The smallest absolute Gasteiger partial charge is 0.328 e. The summed E-state index contributed by atoms with van der Waals surface area (Å²) < 4.78 is 6.25. The van der Waals surface area contributed by atoms with E-state index in [-0.39, 0.29) is 5.95 Å². The molecule has 0 aliphatic heterocycles. The number of benzene rings is 1. The van der Waals surface area contributed by atoms with Crippen LogP contribution in [0, 0.1) is 11.3 Å². The summed E-state index contributed by atoms with van der Waals surface area (Å²) in [5.41, 5.74) is 7.57. The largest absolute Gasteiger partial charge is 0.467 e. The normalized spacial score (nSPS) is 12.1. The van der Waals surface area contributed by atoms with Crippen LogP contribution in [0.2, 0.25) is 0 Å². The quantitative estimate of drug-likeness (QED) is 0.801. The van der Waals surface area contributed by atoms with Crippen molar-refractivity contribution < 1.29 is 9.53 Å². The van der Waals surface area contributed by atoms with Crippen molar-refractivity contribution in [1.82, 2.24) is 9.55 Å². The fraction of sp³-hybridized carbons (Fsp3) is 0.250. The summed E-state index contributed by atoms with van der Waals surface area (Å²) in [5, 5.41) is 8.89. The molecule has 0 bridgehead atoms. The number of nitrogens with zero attached hydrogens (tertiary/aromatic N) is 3. The molecule has 0 aliphatic rings. The fourth-order valence-electron chi connectivity index (χ4n) is 1.86. The molecule has 1 atom stereocenters. The minimum Gasteiger partial charge on any atom is -0.467 e. The Morgan fingerprint density at radius 2 is 2.33 bits per heavy atom. The van der Waals surface area contributed by atoms with Gasteiger partial charge in [0.25, 0.3) is 0 Å². The molecular weight excluding hydrogens is 232 g/mol. The number of nitriles is 1. The molecule has 2 aromatic rings. The molecule has 1 aromatic carbocycles. The average molecular weight is 244 g/mol. The van der Waals surface area contributed by atoms with Crippen LogP contribution < -0.4 is 5.73 Å². The van der Waals surface area contributed by atoms with E-state index in [0.717, 1.165) is 0 Å². The second-order valence-electron chi connectivity index (χ2n) is 3.85. The Morgan fingerprint density at radius 3 is 2.94 bits per heavy atom. The third kappa shape index (κ3) is 1.76. The van der Waals surface area contributed by atoms with Crippen LogP contribution in [0.1, 0.15) is 18.5 Å². The Labute approximate surface area is 104 Å². The molecule has 0 amide bonds. The summed E-state index contributed by atoms with van der Waals surface area (Å²) >= 11 is 0. The zero-order valence-electron chi connectivity index (χ0n) is 10.0. The van der Waals surface area contributed by atoms with Crippen LogP contribution in [0.3, 0.4) is 0 Å². The first kappa shape index (κ1) is 11.9. The van der Waals surface area contributed by atoms with Gasteiger partial charge in [-0.3, -0.25) is 4.57 Å². The monoisotopic (exact) mass is 244 g/mol. The van der Waals surface area contributed by atoms with Gasteiger partial charge >= 0.3 is 5.97 Å². The molecule has 1 heterocycles. The number of carbonyl (C=O) groups excluding carboxylic acids is 1. The molecule has 18 heavy (non-hydrogen) atoms. The number of methoxy groups -OCH3 is 1. The van der Waals surface area contributed by atoms with Crippen molar-refractivity contribution in [2.24, 2.45) is 0 Å². The highest BCUT2D eigenvalue weighted by Crippen LogP contribution is 2.24. The van der Waals surface area contributed by atoms with Gasteiger partial charge in [0.2, 0.25) is 5.95 Å². The molecule has 1 aromatic heterocycles. The molecule has 2 N–H and O–H groups in total. The van der Waals surface area contributed by atoms with Gasteiger partial charge in [0.05, 0.1) is 29.8 Å². The number of esters is 1. The van der Waals surface area contributed by atoms with Gasteiger partial charge in [-0.15, -0.1) is 0 Å². The number of imidazole rings is 1. The minimum atomic E-state index is -0.589. The highest BCUT2D eigenvalue weighted by atomic mass is 16.5. The highest BCUT2D eigenvalue weighted by Gasteiger charge is 2.21. The molecule has 0 spiro atoms. The number of nitrogen functional groups attached to an aromatic ring is 1. The summed E-state index contributed by atoms with van der Waals surface area (Å²) in [5.74, 6) is -0.193. The number of carbonyl (C=O) groups is 1. The Bertz CT molecular complexity index is 654. The average Bonchev–Trinajstić information content (AvgIpc) is 2.71. The van der Waals surface area contributed by atoms with Gasteiger partial charge in [0.15, 0.2) is 0 Å². The SMILES string of the molecule is COC(=O)C(C)n1c(N)nc2ccc(C#N)cc21. The predicted octanol–water partition coefficient (Wildman–Crippen LogP) is 1.22. The summed E-state index contributed by atoms with van der Waals surface area (Å²) in [6.07, 6.45) is 0. The summed E-state index contributed by atoms with van der Waals surface area (Å²) in [6, 6.07) is 6.46. The van der Waals surface area contributed by atoms with E-state index in [2.05, 4.69) is 9.72 Å². The third-order valence-electron chi connectivity index (χ3n) is 2.78. The zero-order chi connectivity index (χ0) is 13.3.